The monoisotopic (exact) mass is 231 g/mol. The van der Waals surface area contributed by atoms with Crippen LogP contribution in [0.2, 0.25) is 0 Å². The van der Waals surface area contributed by atoms with Crippen molar-refractivity contribution in [3.05, 3.63) is 34.9 Å². The van der Waals surface area contributed by atoms with Gasteiger partial charge in [-0.1, -0.05) is 25.1 Å². The Kier molecular flexibility index (Phi) is 3.88. The van der Waals surface area contributed by atoms with E-state index in [9.17, 15) is 0 Å². The Balaban J connectivity index is 1.93. The van der Waals surface area contributed by atoms with Crippen LogP contribution in [0.25, 0.3) is 0 Å². The van der Waals surface area contributed by atoms with Crippen LogP contribution in [0.15, 0.2) is 18.2 Å². The SMILES string of the molecule is CCCNCC1(Cc2ccc(C)c(C)c2)CC1. The second-order valence-electron chi connectivity index (χ2n) is 5.77. The topological polar surface area (TPSA) is 12.0 Å². The highest BCUT2D eigenvalue weighted by Gasteiger charge is 2.41. The lowest BCUT2D eigenvalue weighted by molar-refractivity contribution is 0.455. The molecule has 0 unspecified atom stereocenters. The van der Waals surface area contributed by atoms with Gasteiger partial charge >= 0.3 is 0 Å². The standard InChI is InChI=1S/C16H25N/c1-4-9-17-12-16(7-8-16)11-15-6-5-13(2)14(3)10-15/h5-6,10,17H,4,7-9,11-12H2,1-3H3. The molecule has 94 valence electrons. The van der Waals surface area contributed by atoms with Gasteiger partial charge in [-0.3, -0.25) is 0 Å². The summed E-state index contributed by atoms with van der Waals surface area (Å²) in [4.78, 5) is 0. The molecule has 0 radical (unpaired) electrons. The van der Waals surface area contributed by atoms with E-state index in [4.69, 9.17) is 0 Å². The lowest BCUT2D eigenvalue weighted by atomic mass is 9.94. The summed E-state index contributed by atoms with van der Waals surface area (Å²) in [5.41, 5.74) is 4.93. The first-order valence-corrected chi connectivity index (χ1v) is 6.92. The smallest absolute Gasteiger partial charge is 0.00110 e. The maximum absolute atomic E-state index is 3.58. The molecule has 1 aliphatic carbocycles. The molecule has 1 heteroatoms. The Hall–Kier alpha value is -0.820. The average Bonchev–Trinajstić information content (AvgIpc) is 3.04. The number of hydrogen-bond acceptors (Lipinski definition) is 1. The van der Waals surface area contributed by atoms with Crippen molar-refractivity contribution in [1.29, 1.82) is 0 Å². The zero-order valence-electron chi connectivity index (χ0n) is 11.5. The van der Waals surface area contributed by atoms with E-state index >= 15 is 0 Å². The molecule has 1 saturated carbocycles. The predicted octanol–water partition coefficient (Wildman–Crippen LogP) is 3.63. The highest BCUT2D eigenvalue weighted by molar-refractivity contribution is 5.31. The second-order valence-corrected chi connectivity index (χ2v) is 5.77. The van der Waals surface area contributed by atoms with Gasteiger partial charge in [-0.25, -0.2) is 0 Å². The fraction of sp³-hybridized carbons (Fsp3) is 0.625. The number of rotatable bonds is 6. The van der Waals surface area contributed by atoms with Crippen LogP contribution in [0.1, 0.15) is 42.9 Å². The molecule has 0 amide bonds. The van der Waals surface area contributed by atoms with Gasteiger partial charge in [0.05, 0.1) is 0 Å². The van der Waals surface area contributed by atoms with E-state index in [-0.39, 0.29) is 0 Å². The van der Waals surface area contributed by atoms with Gasteiger partial charge in [-0.05, 0) is 68.2 Å². The van der Waals surface area contributed by atoms with Gasteiger partial charge in [-0.2, -0.15) is 0 Å². The molecule has 0 heterocycles. The van der Waals surface area contributed by atoms with Crippen LogP contribution in [0.5, 0.6) is 0 Å². The first kappa shape index (κ1) is 12.6. The lowest BCUT2D eigenvalue weighted by Gasteiger charge is -2.16. The highest BCUT2D eigenvalue weighted by Crippen LogP contribution is 2.47. The third kappa shape index (κ3) is 3.32. The summed E-state index contributed by atoms with van der Waals surface area (Å²) in [6.07, 6.45) is 5.29. The lowest BCUT2D eigenvalue weighted by Crippen LogP contribution is -2.26. The third-order valence-corrected chi connectivity index (χ3v) is 4.03. The average molecular weight is 231 g/mol. The summed E-state index contributed by atoms with van der Waals surface area (Å²) in [7, 11) is 0. The summed E-state index contributed by atoms with van der Waals surface area (Å²) >= 11 is 0. The van der Waals surface area contributed by atoms with Gasteiger partial charge in [-0.15, -0.1) is 0 Å². The van der Waals surface area contributed by atoms with E-state index in [2.05, 4.69) is 44.3 Å². The minimum absolute atomic E-state index is 0.580. The molecular formula is C16H25N. The fourth-order valence-electron chi connectivity index (χ4n) is 2.47. The number of benzene rings is 1. The summed E-state index contributed by atoms with van der Waals surface area (Å²) in [5.74, 6) is 0. The summed E-state index contributed by atoms with van der Waals surface area (Å²) in [6, 6.07) is 6.94. The molecule has 1 aromatic rings. The maximum Gasteiger partial charge on any atom is 0.00110 e. The first-order chi connectivity index (χ1) is 8.15. The Morgan fingerprint density at radius 2 is 1.94 bits per heavy atom. The molecular weight excluding hydrogens is 206 g/mol. The van der Waals surface area contributed by atoms with Crippen molar-refractivity contribution in [1.82, 2.24) is 5.32 Å². The second kappa shape index (κ2) is 5.22. The van der Waals surface area contributed by atoms with Crippen LogP contribution in [0.3, 0.4) is 0 Å². The maximum atomic E-state index is 3.58. The minimum Gasteiger partial charge on any atom is -0.316 e. The predicted molar refractivity (Wildman–Crippen MR) is 74.4 cm³/mol. The van der Waals surface area contributed by atoms with E-state index in [0.717, 1.165) is 6.54 Å². The molecule has 17 heavy (non-hydrogen) atoms. The molecule has 1 N–H and O–H groups in total. The van der Waals surface area contributed by atoms with E-state index in [1.165, 1.54) is 48.9 Å². The molecule has 0 aromatic heterocycles. The quantitative estimate of drug-likeness (QED) is 0.737. The van der Waals surface area contributed by atoms with Crippen LogP contribution in [0.4, 0.5) is 0 Å². The minimum atomic E-state index is 0.580. The molecule has 0 saturated heterocycles. The van der Waals surface area contributed by atoms with E-state index in [1.54, 1.807) is 0 Å². The van der Waals surface area contributed by atoms with Crippen molar-refractivity contribution >= 4 is 0 Å². The van der Waals surface area contributed by atoms with Gasteiger partial charge in [0, 0.05) is 6.54 Å². The zero-order valence-corrected chi connectivity index (χ0v) is 11.5. The van der Waals surface area contributed by atoms with Crippen LogP contribution >= 0.6 is 0 Å². The first-order valence-electron chi connectivity index (χ1n) is 6.92. The van der Waals surface area contributed by atoms with Crippen molar-refractivity contribution in [2.75, 3.05) is 13.1 Å². The molecule has 0 atom stereocenters. The van der Waals surface area contributed by atoms with Gasteiger partial charge in [0.2, 0.25) is 0 Å². The highest BCUT2D eigenvalue weighted by atomic mass is 14.9. The third-order valence-electron chi connectivity index (χ3n) is 4.03. The summed E-state index contributed by atoms with van der Waals surface area (Å²) in [5, 5.41) is 3.58. The van der Waals surface area contributed by atoms with E-state index < -0.39 is 0 Å². The molecule has 2 rings (SSSR count). The Morgan fingerprint density at radius 3 is 2.53 bits per heavy atom. The van der Waals surface area contributed by atoms with Crippen molar-refractivity contribution in [2.24, 2.45) is 5.41 Å². The molecule has 1 nitrogen and oxygen atoms in total. The van der Waals surface area contributed by atoms with E-state index in [0.29, 0.717) is 5.41 Å². The largest absolute Gasteiger partial charge is 0.316 e. The molecule has 1 fully saturated rings. The molecule has 0 aliphatic heterocycles. The van der Waals surface area contributed by atoms with Crippen LogP contribution in [0, 0.1) is 19.3 Å². The Bertz CT molecular complexity index is 377. The number of aryl methyl sites for hydroxylation is 2. The van der Waals surface area contributed by atoms with E-state index in [1.807, 2.05) is 0 Å². The summed E-state index contributed by atoms with van der Waals surface area (Å²) < 4.78 is 0. The van der Waals surface area contributed by atoms with Gasteiger partial charge in [0.1, 0.15) is 0 Å². The van der Waals surface area contributed by atoms with Crippen LogP contribution < -0.4 is 5.32 Å². The van der Waals surface area contributed by atoms with Crippen molar-refractivity contribution in [3.63, 3.8) is 0 Å². The van der Waals surface area contributed by atoms with Crippen molar-refractivity contribution in [2.45, 2.75) is 46.5 Å². The molecule has 1 aromatic carbocycles. The van der Waals surface area contributed by atoms with Crippen LogP contribution in [-0.2, 0) is 6.42 Å². The molecule has 0 spiro atoms. The molecule has 1 aliphatic rings. The van der Waals surface area contributed by atoms with Crippen LogP contribution in [-0.4, -0.2) is 13.1 Å². The van der Waals surface area contributed by atoms with Gasteiger partial charge < -0.3 is 5.32 Å². The Morgan fingerprint density at radius 1 is 1.18 bits per heavy atom. The molecule has 0 bridgehead atoms. The zero-order chi connectivity index (χ0) is 12.3. The Labute approximate surface area is 106 Å². The van der Waals surface area contributed by atoms with Crippen molar-refractivity contribution < 1.29 is 0 Å². The normalized spacial score (nSPS) is 17.1. The summed E-state index contributed by atoms with van der Waals surface area (Å²) in [6.45, 7) is 9.00. The van der Waals surface area contributed by atoms with Crippen molar-refractivity contribution in [3.8, 4) is 0 Å². The fourth-order valence-corrected chi connectivity index (χ4v) is 2.47. The number of hydrogen-bond donors (Lipinski definition) is 1. The number of nitrogens with one attached hydrogen (secondary N) is 1. The van der Waals surface area contributed by atoms with Gasteiger partial charge in [0.25, 0.3) is 0 Å². The van der Waals surface area contributed by atoms with Gasteiger partial charge in [0.15, 0.2) is 0 Å².